The van der Waals surface area contributed by atoms with Crippen LogP contribution < -0.4 is 4.90 Å². The lowest BCUT2D eigenvalue weighted by atomic mass is 10.1. The first-order valence-electron chi connectivity index (χ1n) is 8.58. The zero-order valence-electron chi connectivity index (χ0n) is 14.4. The summed E-state index contributed by atoms with van der Waals surface area (Å²) in [5, 5.41) is 3.25. The molecule has 1 aliphatic rings. The molecule has 0 radical (unpaired) electrons. The second-order valence-electron chi connectivity index (χ2n) is 6.32. The molecule has 1 saturated heterocycles. The third kappa shape index (κ3) is 3.84. The van der Waals surface area contributed by atoms with Gasteiger partial charge in [-0.3, -0.25) is 4.90 Å². The standard InChI is InChI=1S/C21H20N2OS.ClH/c24-15-17(20-16-25-21-9-5-4-8-19(20)21)14-22-10-12-23(13-11-22)18-6-2-1-3-7-18;/h1-9,16H,10-14H2;1H. The molecule has 0 unspecified atom stereocenters. The van der Waals surface area contributed by atoms with Crippen molar-refractivity contribution in [1.82, 2.24) is 4.90 Å². The Hall–Kier alpha value is -2.10. The number of para-hydroxylation sites is 1. The van der Waals surface area contributed by atoms with Crippen LogP contribution in [0.4, 0.5) is 5.69 Å². The van der Waals surface area contributed by atoms with Gasteiger partial charge in [-0.25, -0.2) is 4.79 Å². The summed E-state index contributed by atoms with van der Waals surface area (Å²) in [4.78, 5) is 16.4. The van der Waals surface area contributed by atoms with Crippen molar-refractivity contribution in [2.75, 3.05) is 37.6 Å². The second kappa shape index (κ2) is 8.52. The van der Waals surface area contributed by atoms with Crippen LogP contribution in [0.25, 0.3) is 15.7 Å². The maximum absolute atomic E-state index is 11.6. The summed E-state index contributed by atoms with van der Waals surface area (Å²) in [6, 6.07) is 18.8. The largest absolute Gasteiger partial charge is 0.369 e. The van der Waals surface area contributed by atoms with E-state index >= 15 is 0 Å². The number of hydrogen-bond acceptors (Lipinski definition) is 4. The molecule has 3 aromatic rings. The van der Waals surface area contributed by atoms with Gasteiger partial charge in [-0.05, 0) is 18.2 Å². The fourth-order valence-electron chi connectivity index (χ4n) is 3.41. The monoisotopic (exact) mass is 384 g/mol. The number of hydrogen-bond donors (Lipinski definition) is 0. The van der Waals surface area contributed by atoms with Gasteiger partial charge in [-0.15, -0.1) is 23.7 Å². The topological polar surface area (TPSA) is 23.6 Å². The van der Waals surface area contributed by atoms with E-state index in [4.69, 9.17) is 0 Å². The van der Waals surface area contributed by atoms with Gasteiger partial charge in [-0.2, -0.15) is 0 Å². The van der Waals surface area contributed by atoms with E-state index in [1.165, 1.54) is 10.4 Å². The summed E-state index contributed by atoms with van der Waals surface area (Å²) < 4.78 is 1.22. The number of benzene rings is 2. The second-order valence-corrected chi connectivity index (χ2v) is 7.24. The molecule has 5 heteroatoms. The number of halogens is 1. The number of thiophene rings is 1. The van der Waals surface area contributed by atoms with Crippen molar-refractivity contribution in [2.24, 2.45) is 0 Å². The molecule has 4 rings (SSSR count). The summed E-state index contributed by atoms with van der Waals surface area (Å²) in [6.07, 6.45) is 0. The van der Waals surface area contributed by atoms with E-state index in [1.807, 2.05) is 18.2 Å². The Balaban J connectivity index is 0.00000196. The van der Waals surface area contributed by atoms with Crippen LogP contribution in [0.3, 0.4) is 0 Å². The molecule has 0 N–H and O–H groups in total. The van der Waals surface area contributed by atoms with E-state index < -0.39 is 0 Å². The van der Waals surface area contributed by atoms with Crippen LogP contribution in [-0.2, 0) is 4.79 Å². The Morgan fingerprint density at radius 2 is 1.65 bits per heavy atom. The Bertz CT molecular complexity index is 910. The molecule has 1 aliphatic heterocycles. The SMILES string of the molecule is Cl.O=C=C(CN1CCN(c2ccccc2)CC1)c1csc2ccccc12. The summed E-state index contributed by atoms with van der Waals surface area (Å²) in [5.41, 5.74) is 3.09. The summed E-state index contributed by atoms with van der Waals surface area (Å²) >= 11 is 1.69. The molecule has 26 heavy (non-hydrogen) atoms. The van der Waals surface area contributed by atoms with Gasteiger partial charge in [-0.1, -0.05) is 36.4 Å². The van der Waals surface area contributed by atoms with Gasteiger partial charge in [0, 0.05) is 59.4 Å². The molecular formula is C21H21ClN2OS. The van der Waals surface area contributed by atoms with Crippen molar-refractivity contribution in [1.29, 1.82) is 0 Å². The smallest absolute Gasteiger partial charge is 0.129 e. The molecule has 0 aliphatic carbocycles. The highest BCUT2D eigenvalue weighted by Crippen LogP contribution is 2.30. The van der Waals surface area contributed by atoms with Crippen molar-refractivity contribution in [3.63, 3.8) is 0 Å². The molecule has 2 heterocycles. The maximum Gasteiger partial charge on any atom is 0.129 e. The van der Waals surface area contributed by atoms with Crippen molar-refractivity contribution >= 4 is 51.0 Å². The predicted molar refractivity (Wildman–Crippen MR) is 113 cm³/mol. The molecule has 0 bridgehead atoms. The van der Waals surface area contributed by atoms with Crippen molar-refractivity contribution < 1.29 is 4.79 Å². The van der Waals surface area contributed by atoms with Gasteiger partial charge in [0.15, 0.2) is 0 Å². The fourth-order valence-corrected chi connectivity index (χ4v) is 4.39. The van der Waals surface area contributed by atoms with Crippen molar-refractivity contribution in [2.45, 2.75) is 0 Å². The zero-order chi connectivity index (χ0) is 17.1. The first-order chi connectivity index (χ1) is 12.3. The highest BCUT2D eigenvalue weighted by Gasteiger charge is 2.20. The summed E-state index contributed by atoms with van der Waals surface area (Å²) in [7, 11) is 0. The molecule has 0 amide bonds. The average molecular weight is 385 g/mol. The maximum atomic E-state index is 11.6. The first kappa shape index (κ1) is 18.7. The lowest BCUT2D eigenvalue weighted by molar-refractivity contribution is 0.288. The minimum absolute atomic E-state index is 0. The van der Waals surface area contributed by atoms with Gasteiger partial charge in [0.05, 0.1) is 5.57 Å². The molecule has 0 saturated carbocycles. The van der Waals surface area contributed by atoms with E-state index in [9.17, 15) is 4.79 Å². The van der Waals surface area contributed by atoms with E-state index in [-0.39, 0.29) is 12.4 Å². The Labute approximate surface area is 164 Å². The number of fused-ring (bicyclic) bond motifs is 1. The fraction of sp³-hybridized carbons (Fsp3) is 0.238. The molecule has 3 nitrogen and oxygen atoms in total. The minimum Gasteiger partial charge on any atom is -0.369 e. The zero-order valence-corrected chi connectivity index (χ0v) is 16.1. The first-order valence-corrected chi connectivity index (χ1v) is 9.46. The highest BCUT2D eigenvalue weighted by molar-refractivity contribution is 7.17. The third-order valence-corrected chi connectivity index (χ3v) is 5.77. The van der Waals surface area contributed by atoms with Crippen LogP contribution in [0, 0.1) is 0 Å². The normalized spacial score (nSPS) is 14.7. The van der Waals surface area contributed by atoms with Crippen LogP contribution >= 0.6 is 23.7 Å². The van der Waals surface area contributed by atoms with Gasteiger partial charge >= 0.3 is 0 Å². The van der Waals surface area contributed by atoms with Gasteiger partial charge < -0.3 is 4.90 Å². The van der Waals surface area contributed by atoms with E-state index in [2.05, 4.69) is 57.5 Å². The summed E-state index contributed by atoms with van der Waals surface area (Å²) in [5.74, 6) is 2.20. The van der Waals surface area contributed by atoms with Gasteiger partial charge in [0.1, 0.15) is 5.94 Å². The third-order valence-electron chi connectivity index (χ3n) is 4.80. The molecule has 134 valence electrons. The molecule has 0 spiro atoms. The minimum atomic E-state index is 0. The van der Waals surface area contributed by atoms with E-state index in [1.54, 1.807) is 11.3 Å². The average Bonchev–Trinajstić information content (AvgIpc) is 3.11. The molecular weight excluding hydrogens is 364 g/mol. The van der Waals surface area contributed by atoms with Crippen molar-refractivity contribution in [3.05, 3.63) is 65.5 Å². The number of piperazine rings is 1. The molecule has 1 fully saturated rings. The number of carbonyl (C=O) groups excluding carboxylic acids is 1. The van der Waals surface area contributed by atoms with Crippen LogP contribution in [0.15, 0.2) is 60.0 Å². The quantitative estimate of drug-likeness (QED) is 0.624. The van der Waals surface area contributed by atoms with Crippen LogP contribution in [-0.4, -0.2) is 43.6 Å². The number of rotatable bonds is 4. The Kier molecular flexibility index (Phi) is 6.12. The van der Waals surface area contributed by atoms with Crippen LogP contribution in [0.2, 0.25) is 0 Å². The van der Waals surface area contributed by atoms with E-state index in [0.29, 0.717) is 6.54 Å². The number of nitrogens with zero attached hydrogens (tertiary/aromatic N) is 2. The molecule has 2 aromatic carbocycles. The van der Waals surface area contributed by atoms with E-state index in [0.717, 1.165) is 42.7 Å². The molecule has 1 aromatic heterocycles. The van der Waals surface area contributed by atoms with Gasteiger partial charge in [0.25, 0.3) is 0 Å². The van der Waals surface area contributed by atoms with Crippen LogP contribution in [0.1, 0.15) is 5.56 Å². The lowest BCUT2D eigenvalue weighted by Crippen LogP contribution is -2.46. The Morgan fingerprint density at radius 3 is 2.38 bits per heavy atom. The van der Waals surface area contributed by atoms with Crippen molar-refractivity contribution in [3.8, 4) is 0 Å². The van der Waals surface area contributed by atoms with Crippen LogP contribution in [0.5, 0.6) is 0 Å². The molecule has 0 atom stereocenters. The lowest BCUT2D eigenvalue weighted by Gasteiger charge is -2.36. The summed E-state index contributed by atoms with van der Waals surface area (Å²) in [6.45, 7) is 4.57. The highest BCUT2D eigenvalue weighted by atomic mass is 35.5. The number of anilines is 1. The Morgan fingerprint density at radius 1 is 0.962 bits per heavy atom. The van der Waals surface area contributed by atoms with Gasteiger partial charge in [0.2, 0.25) is 0 Å². The predicted octanol–water partition coefficient (Wildman–Crippen LogP) is 4.36.